The second kappa shape index (κ2) is 7.25. The normalized spacial score (nSPS) is 23.1. The monoisotopic (exact) mass is 270 g/mol. The van der Waals surface area contributed by atoms with Crippen LogP contribution in [0.4, 0.5) is 0 Å². The number of nitrogens with zero attached hydrogens (tertiary/aromatic N) is 1. The van der Waals surface area contributed by atoms with E-state index in [1.54, 1.807) is 0 Å². The Kier molecular flexibility index (Phi) is 6.27. The Bertz CT molecular complexity index is 286. The maximum absolute atomic E-state index is 11.8. The molecular formula is C15H30N2O2. The zero-order valence-corrected chi connectivity index (χ0v) is 12.9. The zero-order valence-electron chi connectivity index (χ0n) is 12.9. The van der Waals surface area contributed by atoms with Gasteiger partial charge in [-0.2, -0.15) is 0 Å². The molecule has 2 N–H and O–H groups in total. The standard InChI is InChI=1S/C15H30N2O2/c1-5-13(18)11-17-8-6-7-12(10-17)9-16-14(19)15(2,3)4/h12-13,18H,5-11H2,1-4H3,(H,16,19). The van der Waals surface area contributed by atoms with Crippen molar-refractivity contribution in [2.24, 2.45) is 11.3 Å². The smallest absolute Gasteiger partial charge is 0.225 e. The number of carbonyl (C=O) groups excluding carboxylic acids is 1. The highest BCUT2D eigenvalue weighted by Crippen LogP contribution is 2.18. The van der Waals surface area contributed by atoms with Gasteiger partial charge < -0.3 is 15.3 Å². The highest BCUT2D eigenvalue weighted by molar-refractivity contribution is 5.81. The number of hydrogen-bond donors (Lipinski definition) is 2. The fourth-order valence-corrected chi connectivity index (χ4v) is 2.41. The summed E-state index contributed by atoms with van der Waals surface area (Å²) in [6.45, 7) is 11.4. The summed E-state index contributed by atoms with van der Waals surface area (Å²) in [5.41, 5.74) is -0.313. The van der Waals surface area contributed by atoms with E-state index in [1.807, 2.05) is 27.7 Å². The molecule has 1 amide bonds. The molecule has 1 rings (SSSR count). The lowest BCUT2D eigenvalue weighted by Gasteiger charge is -2.34. The van der Waals surface area contributed by atoms with Crippen LogP contribution in [0, 0.1) is 11.3 Å². The lowest BCUT2D eigenvalue weighted by Crippen LogP contribution is -2.45. The molecule has 112 valence electrons. The van der Waals surface area contributed by atoms with E-state index in [0.29, 0.717) is 5.92 Å². The number of carbonyl (C=O) groups is 1. The van der Waals surface area contributed by atoms with Gasteiger partial charge >= 0.3 is 0 Å². The lowest BCUT2D eigenvalue weighted by atomic mass is 9.94. The molecule has 0 aromatic rings. The maximum Gasteiger partial charge on any atom is 0.225 e. The van der Waals surface area contributed by atoms with Gasteiger partial charge in [0.05, 0.1) is 6.10 Å². The van der Waals surface area contributed by atoms with Crippen LogP contribution in [0.1, 0.15) is 47.0 Å². The number of piperidine rings is 1. The van der Waals surface area contributed by atoms with Crippen molar-refractivity contribution in [2.45, 2.75) is 53.1 Å². The molecule has 1 aliphatic rings. The highest BCUT2D eigenvalue weighted by atomic mass is 16.3. The third kappa shape index (κ3) is 5.91. The number of aliphatic hydroxyl groups excluding tert-OH is 1. The zero-order chi connectivity index (χ0) is 14.5. The number of amides is 1. The summed E-state index contributed by atoms with van der Waals surface area (Å²) >= 11 is 0. The van der Waals surface area contributed by atoms with Gasteiger partial charge in [0, 0.05) is 25.0 Å². The third-order valence-electron chi connectivity index (χ3n) is 3.78. The third-order valence-corrected chi connectivity index (χ3v) is 3.78. The van der Waals surface area contributed by atoms with Gasteiger partial charge in [0.25, 0.3) is 0 Å². The molecule has 0 aromatic carbocycles. The summed E-state index contributed by atoms with van der Waals surface area (Å²) in [6, 6.07) is 0. The Balaban J connectivity index is 2.33. The molecule has 1 aliphatic heterocycles. The van der Waals surface area contributed by atoms with Crippen molar-refractivity contribution < 1.29 is 9.90 Å². The number of rotatable bonds is 5. The van der Waals surface area contributed by atoms with Crippen LogP contribution in [-0.4, -0.2) is 48.2 Å². The van der Waals surface area contributed by atoms with Crippen LogP contribution >= 0.6 is 0 Å². The largest absolute Gasteiger partial charge is 0.392 e. The van der Waals surface area contributed by atoms with Crippen molar-refractivity contribution in [3.8, 4) is 0 Å². The van der Waals surface area contributed by atoms with Gasteiger partial charge in [-0.25, -0.2) is 0 Å². The quantitative estimate of drug-likeness (QED) is 0.798. The minimum absolute atomic E-state index is 0.123. The van der Waals surface area contributed by atoms with Crippen molar-refractivity contribution in [3.05, 3.63) is 0 Å². The predicted octanol–water partition coefficient (Wildman–Crippen LogP) is 1.63. The molecule has 1 fully saturated rings. The molecule has 2 atom stereocenters. The van der Waals surface area contributed by atoms with Gasteiger partial charge in [0.15, 0.2) is 0 Å². The van der Waals surface area contributed by atoms with E-state index in [1.165, 1.54) is 6.42 Å². The molecule has 0 radical (unpaired) electrons. The molecule has 0 aromatic heterocycles. The van der Waals surface area contributed by atoms with Gasteiger partial charge in [-0.1, -0.05) is 27.7 Å². The topological polar surface area (TPSA) is 52.6 Å². The van der Waals surface area contributed by atoms with Crippen LogP contribution in [0.25, 0.3) is 0 Å². The van der Waals surface area contributed by atoms with E-state index in [0.717, 1.165) is 39.0 Å². The van der Waals surface area contributed by atoms with E-state index >= 15 is 0 Å². The number of likely N-dealkylation sites (tertiary alicyclic amines) is 1. The molecule has 4 nitrogen and oxygen atoms in total. The molecule has 1 saturated heterocycles. The number of nitrogens with one attached hydrogen (secondary N) is 1. The predicted molar refractivity (Wildman–Crippen MR) is 77.9 cm³/mol. The van der Waals surface area contributed by atoms with E-state index in [2.05, 4.69) is 10.2 Å². The molecule has 0 bridgehead atoms. The molecule has 19 heavy (non-hydrogen) atoms. The summed E-state index contributed by atoms with van der Waals surface area (Å²) in [5.74, 6) is 0.641. The van der Waals surface area contributed by atoms with Crippen LogP contribution in [0.2, 0.25) is 0 Å². The Morgan fingerprint density at radius 1 is 1.47 bits per heavy atom. The van der Waals surface area contributed by atoms with Gasteiger partial charge in [0.2, 0.25) is 5.91 Å². The molecular weight excluding hydrogens is 240 g/mol. The van der Waals surface area contributed by atoms with Gasteiger partial charge in [-0.05, 0) is 31.7 Å². The summed E-state index contributed by atoms with van der Waals surface area (Å²) in [5, 5.41) is 12.8. The van der Waals surface area contributed by atoms with Crippen LogP contribution < -0.4 is 5.32 Å². The lowest BCUT2D eigenvalue weighted by molar-refractivity contribution is -0.128. The summed E-state index contributed by atoms with van der Waals surface area (Å²) in [7, 11) is 0. The summed E-state index contributed by atoms with van der Waals surface area (Å²) < 4.78 is 0. The second-order valence-electron chi connectivity index (χ2n) is 6.79. The van der Waals surface area contributed by atoms with Crippen molar-refractivity contribution in [1.82, 2.24) is 10.2 Å². The van der Waals surface area contributed by atoms with Crippen LogP contribution in [0.3, 0.4) is 0 Å². The molecule has 2 unspecified atom stereocenters. The first kappa shape index (κ1) is 16.4. The first-order chi connectivity index (χ1) is 8.82. The van der Waals surface area contributed by atoms with E-state index in [9.17, 15) is 9.90 Å². The van der Waals surface area contributed by atoms with Gasteiger partial charge in [-0.15, -0.1) is 0 Å². The van der Waals surface area contributed by atoms with E-state index in [-0.39, 0.29) is 17.4 Å². The van der Waals surface area contributed by atoms with Crippen LogP contribution in [0.15, 0.2) is 0 Å². The Labute approximate surface area is 117 Å². The molecule has 0 saturated carbocycles. The summed E-state index contributed by atoms with van der Waals surface area (Å²) in [4.78, 5) is 14.2. The van der Waals surface area contributed by atoms with Gasteiger partial charge in [0.1, 0.15) is 0 Å². The first-order valence-corrected chi connectivity index (χ1v) is 7.51. The summed E-state index contributed by atoms with van der Waals surface area (Å²) in [6.07, 6.45) is 2.92. The number of hydrogen-bond acceptors (Lipinski definition) is 3. The highest BCUT2D eigenvalue weighted by Gasteiger charge is 2.25. The minimum atomic E-state index is -0.313. The van der Waals surface area contributed by atoms with E-state index < -0.39 is 0 Å². The second-order valence-corrected chi connectivity index (χ2v) is 6.79. The maximum atomic E-state index is 11.8. The average Bonchev–Trinajstić information content (AvgIpc) is 2.35. The molecule has 0 spiro atoms. The fourth-order valence-electron chi connectivity index (χ4n) is 2.41. The Morgan fingerprint density at radius 3 is 2.74 bits per heavy atom. The van der Waals surface area contributed by atoms with Gasteiger partial charge in [-0.3, -0.25) is 4.79 Å². The van der Waals surface area contributed by atoms with Crippen molar-refractivity contribution in [1.29, 1.82) is 0 Å². The van der Waals surface area contributed by atoms with Crippen molar-refractivity contribution in [2.75, 3.05) is 26.2 Å². The minimum Gasteiger partial charge on any atom is -0.392 e. The Hall–Kier alpha value is -0.610. The van der Waals surface area contributed by atoms with Crippen molar-refractivity contribution >= 4 is 5.91 Å². The molecule has 4 heteroatoms. The average molecular weight is 270 g/mol. The van der Waals surface area contributed by atoms with Crippen LogP contribution in [0.5, 0.6) is 0 Å². The fraction of sp³-hybridized carbons (Fsp3) is 0.933. The molecule has 1 heterocycles. The van der Waals surface area contributed by atoms with E-state index in [4.69, 9.17) is 0 Å². The first-order valence-electron chi connectivity index (χ1n) is 7.51. The number of aliphatic hydroxyl groups is 1. The number of β-amino-alcohol motifs (C(OH)–C–C–N with tert-alkyl or cyclic N) is 1. The van der Waals surface area contributed by atoms with Crippen LogP contribution in [-0.2, 0) is 4.79 Å². The molecule has 0 aliphatic carbocycles. The SMILES string of the molecule is CCC(O)CN1CCCC(CNC(=O)C(C)(C)C)C1. The van der Waals surface area contributed by atoms with Crippen molar-refractivity contribution in [3.63, 3.8) is 0 Å². The Morgan fingerprint density at radius 2 is 2.16 bits per heavy atom.